The average Bonchev–Trinajstić information content (AvgIpc) is 3.08. The van der Waals surface area contributed by atoms with Gasteiger partial charge in [0.15, 0.2) is 11.5 Å². The van der Waals surface area contributed by atoms with Crippen LogP contribution in [-0.4, -0.2) is 58.5 Å². The van der Waals surface area contributed by atoms with Crippen LogP contribution in [0.3, 0.4) is 0 Å². The molecule has 0 spiro atoms. The quantitative estimate of drug-likeness (QED) is 0.190. The number of ether oxygens (including phenoxy) is 2. The number of nitrogens with one attached hydrogen (secondary N) is 1. The Morgan fingerprint density at radius 3 is 2.02 bits per heavy atom. The van der Waals surface area contributed by atoms with Gasteiger partial charge in [0.2, 0.25) is 11.8 Å². The van der Waals surface area contributed by atoms with E-state index in [0.29, 0.717) is 18.7 Å². The van der Waals surface area contributed by atoms with Crippen LogP contribution < -0.4 is 19.1 Å². The summed E-state index contributed by atoms with van der Waals surface area (Å²) < 4.78 is 53.9. The first-order valence-electron chi connectivity index (χ1n) is 14.8. The first-order valence-corrected chi connectivity index (χ1v) is 16.3. The monoisotopic (exact) mass is 647 g/mol. The Kier molecular flexibility index (Phi) is 11.7. The van der Waals surface area contributed by atoms with Gasteiger partial charge in [0.05, 0.1) is 24.8 Å². The number of amides is 2. The molecule has 1 atom stereocenters. The molecule has 4 aromatic carbocycles. The number of hydrogen-bond donors (Lipinski definition) is 1. The molecule has 4 aromatic rings. The minimum absolute atomic E-state index is 0.0460. The third-order valence-electron chi connectivity index (χ3n) is 7.35. The van der Waals surface area contributed by atoms with Crippen molar-refractivity contribution in [2.24, 2.45) is 0 Å². The lowest BCUT2D eigenvalue weighted by Crippen LogP contribution is -2.53. The summed E-state index contributed by atoms with van der Waals surface area (Å²) in [4.78, 5) is 29.4. The SMILES string of the molecule is CCCNC(=O)C(Cc1ccccc1)N(Cc1ccccc1)C(=O)CN(c1ccc(F)cc1)S(=O)(=O)c1ccc(OC)c(OC)c1. The highest BCUT2D eigenvalue weighted by Crippen LogP contribution is 2.32. The normalized spacial score (nSPS) is 11.7. The minimum Gasteiger partial charge on any atom is -0.493 e. The van der Waals surface area contributed by atoms with Crippen LogP contribution in [0.5, 0.6) is 11.5 Å². The standard InChI is InChI=1S/C35H38FN3O6S/c1-4-21-37-35(41)31(22-26-11-7-5-8-12-26)38(24-27-13-9-6-10-14-27)34(40)25-39(29-17-15-28(36)16-18-29)46(42,43)30-19-20-32(44-2)33(23-30)45-3/h5-20,23,31H,4,21-22,24-25H2,1-3H3,(H,37,41). The Hall–Kier alpha value is -4.90. The van der Waals surface area contributed by atoms with Gasteiger partial charge in [-0.3, -0.25) is 13.9 Å². The number of anilines is 1. The van der Waals surface area contributed by atoms with Gasteiger partial charge in [-0.1, -0.05) is 67.6 Å². The molecule has 0 heterocycles. The van der Waals surface area contributed by atoms with E-state index in [1.165, 1.54) is 49.5 Å². The third kappa shape index (κ3) is 8.42. The molecular formula is C35H38FN3O6S. The predicted octanol–water partition coefficient (Wildman–Crippen LogP) is 5.20. The van der Waals surface area contributed by atoms with Crippen molar-refractivity contribution in [3.05, 3.63) is 120 Å². The second-order valence-corrected chi connectivity index (χ2v) is 12.4. The van der Waals surface area contributed by atoms with Crippen molar-refractivity contribution < 1.29 is 31.9 Å². The van der Waals surface area contributed by atoms with Crippen LogP contribution in [0.4, 0.5) is 10.1 Å². The molecule has 0 bridgehead atoms. The zero-order valence-corrected chi connectivity index (χ0v) is 26.9. The Morgan fingerprint density at radius 1 is 0.826 bits per heavy atom. The molecule has 0 saturated heterocycles. The molecule has 46 heavy (non-hydrogen) atoms. The van der Waals surface area contributed by atoms with Crippen LogP contribution in [0.15, 0.2) is 108 Å². The van der Waals surface area contributed by atoms with Crippen molar-refractivity contribution in [2.75, 3.05) is 31.6 Å². The second-order valence-electron chi connectivity index (χ2n) is 10.5. The van der Waals surface area contributed by atoms with Crippen LogP contribution in [0.25, 0.3) is 0 Å². The van der Waals surface area contributed by atoms with E-state index in [4.69, 9.17) is 9.47 Å². The van der Waals surface area contributed by atoms with Crippen LogP contribution in [0, 0.1) is 5.82 Å². The maximum absolute atomic E-state index is 14.4. The van der Waals surface area contributed by atoms with Crippen LogP contribution in [-0.2, 0) is 32.6 Å². The number of hydrogen-bond acceptors (Lipinski definition) is 6. The van der Waals surface area contributed by atoms with E-state index in [-0.39, 0.29) is 35.2 Å². The number of halogens is 1. The summed E-state index contributed by atoms with van der Waals surface area (Å²) in [6.45, 7) is 1.72. The number of carbonyl (C=O) groups excluding carboxylic acids is 2. The summed E-state index contributed by atoms with van der Waals surface area (Å²) in [6, 6.07) is 26.4. The van der Waals surface area contributed by atoms with Crippen LogP contribution in [0.2, 0.25) is 0 Å². The first kappa shape index (κ1) is 34.0. The van der Waals surface area contributed by atoms with Gasteiger partial charge in [-0.05, 0) is 53.9 Å². The highest BCUT2D eigenvalue weighted by Gasteiger charge is 2.35. The molecule has 0 aliphatic carbocycles. The molecule has 0 aliphatic rings. The topological polar surface area (TPSA) is 105 Å². The van der Waals surface area contributed by atoms with E-state index in [1.807, 2.05) is 67.6 Å². The third-order valence-corrected chi connectivity index (χ3v) is 9.12. The van der Waals surface area contributed by atoms with Gasteiger partial charge in [-0.15, -0.1) is 0 Å². The fourth-order valence-electron chi connectivity index (χ4n) is 4.94. The first-order chi connectivity index (χ1) is 22.2. The Labute approximate surface area is 269 Å². The summed E-state index contributed by atoms with van der Waals surface area (Å²) in [5, 5.41) is 2.91. The molecule has 0 radical (unpaired) electrons. The van der Waals surface area contributed by atoms with E-state index in [9.17, 15) is 22.4 Å². The lowest BCUT2D eigenvalue weighted by molar-refractivity contribution is -0.140. The maximum Gasteiger partial charge on any atom is 0.264 e. The zero-order valence-electron chi connectivity index (χ0n) is 26.1. The highest BCUT2D eigenvalue weighted by atomic mass is 32.2. The van der Waals surface area contributed by atoms with E-state index in [2.05, 4.69) is 5.32 Å². The van der Waals surface area contributed by atoms with Gasteiger partial charge in [0.25, 0.3) is 10.0 Å². The molecule has 0 fully saturated rings. The Balaban J connectivity index is 1.80. The Bertz CT molecular complexity index is 1700. The summed E-state index contributed by atoms with van der Waals surface area (Å²) in [6.07, 6.45) is 0.895. The highest BCUT2D eigenvalue weighted by molar-refractivity contribution is 7.92. The van der Waals surface area contributed by atoms with Crippen molar-refractivity contribution in [1.82, 2.24) is 10.2 Å². The van der Waals surface area contributed by atoms with Crippen molar-refractivity contribution in [2.45, 2.75) is 37.2 Å². The molecule has 9 nitrogen and oxygen atoms in total. The number of nitrogens with zero attached hydrogens (tertiary/aromatic N) is 2. The summed E-state index contributed by atoms with van der Waals surface area (Å²) in [5.41, 5.74) is 1.66. The molecule has 1 N–H and O–H groups in total. The van der Waals surface area contributed by atoms with Crippen molar-refractivity contribution in [3.63, 3.8) is 0 Å². The Morgan fingerprint density at radius 2 is 1.43 bits per heavy atom. The van der Waals surface area contributed by atoms with Gasteiger partial charge >= 0.3 is 0 Å². The molecule has 4 rings (SSSR count). The largest absolute Gasteiger partial charge is 0.493 e. The average molecular weight is 648 g/mol. The van der Waals surface area contributed by atoms with Crippen molar-refractivity contribution in [1.29, 1.82) is 0 Å². The molecule has 0 aliphatic heterocycles. The lowest BCUT2D eigenvalue weighted by Gasteiger charge is -2.34. The molecule has 242 valence electrons. The summed E-state index contributed by atoms with van der Waals surface area (Å²) in [5.74, 6) is -1.05. The fourth-order valence-corrected chi connectivity index (χ4v) is 6.37. The smallest absolute Gasteiger partial charge is 0.264 e. The number of sulfonamides is 1. The molecule has 11 heteroatoms. The van der Waals surface area contributed by atoms with E-state index in [0.717, 1.165) is 27.6 Å². The van der Waals surface area contributed by atoms with Gasteiger partial charge in [0, 0.05) is 25.6 Å². The molecule has 1 unspecified atom stereocenters. The second kappa shape index (κ2) is 15.9. The number of carbonyl (C=O) groups is 2. The van der Waals surface area contributed by atoms with Gasteiger partial charge < -0.3 is 19.7 Å². The number of rotatable bonds is 15. The van der Waals surface area contributed by atoms with Gasteiger partial charge in [-0.2, -0.15) is 0 Å². The summed E-state index contributed by atoms with van der Waals surface area (Å²) in [7, 11) is -1.61. The minimum atomic E-state index is -4.42. The van der Waals surface area contributed by atoms with Gasteiger partial charge in [0.1, 0.15) is 18.4 Å². The predicted molar refractivity (Wildman–Crippen MR) is 175 cm³/mol. The number of methoxy groups -OCH3 is 2. The van der Waals surface area contributed by atoms with Crippen molar-refractivity contribution >= 4 is 27.5 Å². The summed E-state index contributed by atoms with van der Waals surface area (Å²) >= 11 is 0. The lowest BCUT2D eigenvalue weighted by atomic mass is 10.0. The zero-order chi connectivity index (χ0) is 33.1. The maximum atomic E-state index is 14.4. The van der Waals surface area contributed by atoms with E-state index < -0.39 is 34.3 Å². The number of benzene rings is 4. The molecule has 0 aromatic heterocycles. The molecular weight excluding hydrogens is 609 g/mol. The molecule has 2 amide bonds. The van der Waals surface area contributed by atoms with E-state index >= 15 is 0 Å². The van der Waals surface area contributed by atoms with Crippen LogP contribution >= 0.6 is 0 Å². The molecule has 0 saturated carbocycles. The van der Waals surface area contributed by atoms with Gasteiger partial charge in [-0.25, -0.2) is 12.8 Å². The van der Waals surface area contributed by atoms with Crippen molar-refractivity contribution in [3.8, 4) is 11.5 Å². The van der Waals surface area contributed by atoms with E-state index in [1.54, 1.807) is 0 Å². The van der Waals surface area contributed by atoms with Crippen LogP contribution in [0.1, 0.15) is 24.5 Å². The fraction of sp³-hybridized carbons (Fsp3) is 0.257.